The lowest BCUT2D eigenvalue weighted by molar-refractivity contribution is -0.138. The van der Waals surface area contributed by atoms with E-state index in [0.717, 1.165) is 31.3 Å². The highest BCUT2D eigenvalue weighted by Gasteiger charge is 2.22. The number of esters is 1. The van der Waals surface area contributed by atoms with Crippen molar-refractivity contribution in [2.24, 2.45) is 5.92 Å². The molecule has 0 aromatic heterocycles. The van der Waals surface area contributed by atoms with E-state index >= 15 is 0 Å². The average molecular weight is 261 g/mol. The summed E-state index contributed by atoms with van der Waals surface area (Å²) < 4.78 is 5.12. The number of rotatable bonds is 5. The van der Waals surface area contributed by atoms with Crippen molar-refractivity contribution in [2.75, 3.05) is 20.7 Å². The van der Waals surface area contributed by atoms with Gasteiger partial charge in [0.25, 0.3) is 0 Å². The molecule has 0 aromatic carbocycles. The van der Waals surface area contributed by atoms with E-state index in [4.69, 9.17) is 4.74 Å². The highest BCUT2D eigenvalue weighted by Crippen LogP contribution is 2.28. The van der Waals surface area contributed by atoms with E-state index in [1.54, 1.807) is 6.20 Å². The zero-order valence-electron chi connectivity index (χ0n) is 12.2. The number of carbonyl (C=O) groups is 1. The van der Waals surface area contributed by atoms with Crippen molar-refractivity contribution in [3.63, 3.8) is 0 Å². The molecule has 0 bridgehead atoms. The average Bonchev–Trinajstić information content (AvgIpc) is 2.64. The molecule has 0 unspecified atom stereocenters. The van der Waals surface area contributed by atoms with Crippen LogP contribution in [0.2, 0.25) is 0 Å². The molecule has 0 N–H and O–H groups in total. The number of hydrogen-bond donors (Lipinski definition) is 0. The van der Waals surface area contributed by atoms with E-state index in [1.165, 1.54) is 0 Å². The Morgan fingerprint density at radius 1 is 1.37 bits per heavy atom. The first-order valence-corrected chi connectivity index (χ1v) is 6.76. The largest absolute Gasteiger partial charge is 0.462 e. The van der Waals surface area contributed by atoms with E-state index in [0.29, 0.717) is 18.1 Å². The molecule has 1 aliphatic rings. The van der Waals surface area contributed by atoms with Crippen LogP contribution >= 0.6 is 0 Å². The number of hydrogen-bond acceptors (Lipinski definition) is 3. The molecule has 0 spiro atoms. The van der Waals surface area contributed by atoms with E-state index in [-0.39, 0.29) is 5.97 Å². The third kappa shape index (κ3) is 4.82. The summed E-state index contributed by atoms with van der Waals surface area (Å²) in [5.74, 6) is 6.28. The quantitative estimate of drug-likeness (QED) is 0.330. The molecule has 0 saturated heterocycles. The summed E-state index contributed by atoms with van der Waals surface area (Å²) in [7, 11) is 3.78. The second kappa shape index (κ2) is 7.68. The van der Waals surface area contributed by atoms with Crippen molar-refractivity contribution < 1.29 is 9.53 Å². The van der Waals surface area contributed by atoms with Crippen molar-refractivity contribution in [3.05, 3.63) is 23.9 Å². The predicted octanol–water partition coefficient (Wildman–Crippen LogP) is 2.74. The van der Waals surface area contributed by atoms with Gasteiger partial charge < -0.3 is 9.64 Å². The molecule has 19 heavy (non-hydrogen) atoms. The molecule has 0 saturated carbocycles. The number of nitrogens with zero attached hydrogens (tertiary/aromatic N) is 1. The molecule has 0 aromatic rings. The highest BCUT2D eigenvalue weighted by atomic mass is 16.5. The lowest BCUT2D eigenvalue weighted by atomic mass is 9.87. The monoisotopic (exact) mass is 261 g/mol. The second-order valence-corrected chi connectivity index (χ2v) is 4.88. The van der Waals surface area contributed by atoms with Crippen molar-refractivity contribution in [1.29, 1.82) is 0 Å². The molecule has 1 aliphatic carbocycles. The van der Waals surface area contributed by atoms with E-state index in [2.05, 4.69) is 18.4 Å². The fraction of sp³-hybridized carbons (Fsp3) is 0.562. The second-order valence-electron chi connectivity index (χ2n) is 4.88. The fourth-order valence-electron chi connectivity index (χ4n) is 2.12. The first-order chi connectivity index (χ1) is 9.06. The minimum absolute atomic E-state index is 0.286. The maximum absolute atomic E-state index is 12.0. The molecular formula is C16H23NO2. The Labute approximate surface area is 116 Å². The topological polar surface area (TPSA) is 29.5 Å². The molecule has 104 valence electrons. The molecule has 1 rings (SSSR count). The third-order valence-corrected chi connectivity index (χ3v) is 3.08. The molecule has 0 atom stereocenters. The van der Waals surface area contributed by atoms with Gasteiger partial charge in [0.15, 0.2) is 0 Å². The minimum Gasteiger partial charge on any atom is -0.462 e. The van der Waals surface area contributed by atoms with Gasteiger partial charge in [0.05, 0.1) is 12.2 Å². The van der Waals surface area contributed by atoms with Crippen LogP contribution in [0.25, 0.3) is 0 Å². The van der Waals surface area contributed by atoms with Crippen molar-refractivity contribution in [1.82, 2.24) is 4.90 Å². The normalized spacial score (nSPS) is 16.1. The van der Waals surface area contributed by atoms with Crippen molar-refractivity contribution >= 4 is 5.97 Å². The molecule has 0 heterocycles. The van der Waals surface area contributed by atoms with Crippen LogP contribution < -0.4 is 0 Å². The summed E-state index contributed by atoms with van der Waals surface area (Å²) >= 11 is 0. The van der Waals surface area contributed by atoms with Gasteiger partial charge in [0.1, 0.15) is 0 Å². The van der Waals surface area contributed by atoms with Crippen molar-refractivity contribution in [3.8, 4) is 11.8 Å². The summed E-state index contributed by atoms with van der Waals surface area (Å²) in [6, 6.07) is 0. The maximum Gasteiger partial charge on any atom is 0.339 e. The van der Waals surface area contributed by atoms with Crippen LogP contribution in [0.5, 0.6) is 0 Å². The van der Waals surface area contributed by atoms with Gasteiger partial charge in [-0.2, -0.15) is 0 Å². The van der Waals surface area contributed by atoms with Gasteiger partial charge in [-0.15, -0.1) is 11.8 Å². The number of carbonyl (C=O) groups excluding carboxylic acids is 1. The van der Waals surface area contributed by atoms with Gasteiger partial charge in [-0.05, 0) is 31.3 Å². The number of ether oxygens (including phenoxy) is 1. The zero-order valence-corrected chi connectivity index (χ0v) is 12.2. The van der Waals surface area contributed by atoms with Gasteiger partial charge in [-0.3, -0.25) is 0 Å². The molecule has 0 radical (unpaired) electrons. The third-order valence-electron chi connectivity index (χ3n) is 3.08. The van der Waals surface area contributed by atoms with Crippen LogP contribution in [0, 0.1) is 17.8 Å². The molecule has 0 amide bonds. The molecule has 0 aliphatic heterocycles. The zero-order chi connectivity index (χ0) is 14.3. The summed E-state index contributed by atoms with van der Waals surface area (Å²) in [6.07, 6.45) is 5.49. The first-order valence-electron chi connectivity index (χ1n) is 6.76. The Morgan fingerprint density at radius 2 is 1.95 bits per heavy atom. The van der Waals surface area contributed by atoms with E-state index in [1.807, 2.05) is 25.9 Å². The Morgan fingerprint density at radius 3 is 2.42 bits per heavy atom. The van der Waals surface area contributed by atoms with E-state index < -0.39 is 0 Å². The summed E-state index contributed by atoms with van der Waals surface area (Å²) in [5.41, 5.74) is 1.46. The molecule has 3 heteroatoms. The lowest BCUT2D eigenvalue weighted by Gasteiger charge is -2.20. The van der Waals surface area contributed by atoms with E-state index in [9.17, 15) is 4.79 Å². The van der Waals surface area contributed by atoms with Crippen LogP contribution in [-0.2, 0) is 9.53 Å². The van der Waals surface area contributed by atoms with Crippen LogP contribution in [0.1, 0.15) is 32.6 Å². The lowest BCUT2D eigenvalue weighted by Crippen LogP contribution is -2.17. The standard InChI is InChI=1S/C16H23NO2/c1-5-19-16(18)15(12-17(3)4)13(2)14-10-8-6-7-9-11-14/h12,14H,2,5,8-11H2,1,3-4H3/b15-12+. The molecule has 0 fully saturated rings. The highest BCUT2D eigenvalue weighted by molar-refractivity contribution is 5.93. The van der Waals surface area contributed by atoms with Gasteiger partial charge >= 0.3 is 5.97 Å². The first kappa shape index (κ1) is 15.4. The molecule has 3 nitrogen and oxygen atoms in total. The smallest absolute Gasteiger partial charge is 0.339 e. The van der Waals surface area contributed by atoms with Gasteiger partial charge in [0, 0.05) is 33.1 Å². The van der Waals surface area contributed by atoms with Crippen LogP contribution in [0.4, 0.5) is 0 Å². The molecular weight excluding hydrogens is 238 g/mol. The van der Waals surface area contributed by atoms with Crippen LogP contribution in [-0.4, -0.2) is 31.6 Å². The predicted molar refractivity (Wildman–Crippen MR) is 77.3 cm³/mol. The van der Waals surface area contributed by atoms with Gasteiger partial charge in [-0.1, -0.05) is 6.58 Å². The Balaban J connectivity index is 2.85. The summed E-state index contributed by atoms with van der Waals surface area (Å²) in [4.78, 5) is 13.9. The van der Waals surface area contributed by atoms with Gasteiger partial charge in [0.2, 0.25) is 0 Å². The fourth-order valence-corrected chi connectivity index (χ4v) is 2.12. The van der Waals surface area contributed by atoms with Gasteiger partial charge in [-0.25, -0.2) is 4.79 Å². The Bertz CT molecular complexity index is 412. The Hall–Kier alpha value is -1.69. The van der Waals surface area contributed by atoms with Crippen molar-refractivity contribution in [2.45, 2.75) is 32.6 Å². The SMILES string of the molecule is C=C(/C(=C\N(C)C)C(=O)OCC)C1CCC#CCC1. The summed E-state index contributed by atoms with van der Waals surface area (Å²) in [5, 5.41) is 0. The van der Waals surface area contributed by atoms with Crippen LogP contribution in [0.15, 0.2) is 23.9 Å². The summed E-state index contributed by atoms with van der Waals surface area (Å²) in [6.45, 7) is 6.32. The van der Waals surface area contributed by atoms with Crippen LogP contribution in [0.3, 0.4) is 0 Å². The minimum atomic E-state index is -0.286. The Kier molecular flexibility index (Phi) is 6.21. The maximum atomic E-state index is 12.0.